The van der Waals surface area contributed by atoms with E-state index < -0.39 is 19.7 Å². The molecule has 0 bridgehead atoms. The Morgan fingerprint density at radius 1 is 0.889 bits per heavy atom. The zero-order valence-electron chi connectivity index (χ0n) is 15.0. The van der Waals surface area contributed by atoms with E-state index in [0.717, 1.165) is 0 Å². The van der Waals surface area contributed by atoms with Crippen LogP contribution in [0.25, 0.3) is 0 Å². The summed E-state index contributed by atoms with van der Waals surface area (Å²) in [6, 6.07) is 3.19. The van der Waals surface area contributed by atoms with Gasteiger partial charge in [-0.2, -0.15) is 0 Å². The molecule has 0 unspecified atom stereocenters. The van der Waals surface area contributed by atoms with Crippen molar-refractivity contribution in [2.24, 2.45) is 0 Å². The van der Waals surface area contributed by atoms with Crippen LogP contribution in [0, 0.1) is 6.92 Å². The van der Waals surface area contributed by atoms with Crippen LogP contribution in [0.4, 0.5) is 0 Å². The molecule has 158 valence electrons. The molecular weight excluding hydrogens is 392 g/mol. The van der Waals surface area contributed by atoms with Gasteiger partial charge in [-0.1, -0.05) is 25.2 Å². The molecule has 0 aromatic carbocycles. The number of hydrogen-bond acceptors (Lipinski definition) is 8. The first kappa shape index (κ1) is 27.5. The molecule has 0 amide bonds. The van der Waals surface area contributed by atoms with Crippen LogP contribution in [0.1, 0.15) is 59.7 Å². The number of hydrogen-bond donors (Lipinski definition) is 0. The quantitative estimate of drug-likeness (QED) is 0.690. The molecule has 0 saturated carbocycles. The Morgan fingerprint density at radius 3 is 1.70 bits per heavy atom. The molecule has 10 heteroatoms. The minimum atomic E-state index is -3.06. The van der Waals surface area contributed by atoms with Crippen molar-refractivity contribution in [3.05, 3.63) is 35.5 Å². The molecule has 0 atom stereocenters. The third kappa shape index (κ3) is 9.18. The van der Waals surface area contributed by atoms with Gasteiger partial charge in [-0.15, -0.1) is 0 Å². The molecule has 0 aliphatic rings. The first-order chi connectivity index (χ1) is 11.4. The molecule has 2 aromatic rings. The van der Waals surface area contributed by atoms with Crippen LogP contribution in [-0.4, -0.2) is 37.6 Å². The number of aryl methyl sites for hydroxylation is 1. The van der Waals surface area contributed by atoms with E-state index in [0.29, 0.717) is 17.1 Å². The summed E-state index contributed by atoms with van der Waals surface area (Å²) >= 11 is 0. The van der Waals surface area contributed by atoms with Crippen molar-refractivity contribution in [2.75, 3.05) is 0 Å². The number of rotatable bonds is 6. The highest BCUT2D eigenvalue weighted by atomic mass is 32.2. The molecule has 0 aliphatic carbocycles. The normalized spacial score (nSPS) is 11.4. The Hall–Kier alpha value is -1.68. The average molecular weight is 425 g/mol. The zero-order valence-corrected chi connectivity index (χ0v) is 16.6. The summed E-state index contributed by atoms with van der Waals surface area (Å²) in [6.45, 7) is 8.34. The molecule has 8 nitrogen and oxygen atoms in total. The largest absolute Gasteiger partial charge is 0.364 e. The third-order valence-corrected chi connectivity index (χ3v) is 7.57. The van der Waals surface area contributed by atoms with Crippen molar-refractivity contribution in [2.45, 2.75) is 71.5 Å². The Balaban J connectivity index is 0. The second-order valence-corrected chi connectivity index (χ2v) is 11.2. The van der Waals surface area contributed by atoms with E-state index in [2.05, 4.69) is 14.8 Å². The fourth-order valence-corrected chi connectivity index (χ4v) is 3.32. The maximum Gasteiger partial charge on any atom is 0.158 e. The molecule has 2 rings (SSSR count). The van der Waals surface area contributed by atoms with E-state index in [9.17, 15) is 16.8 Å². The van der Waals surface area contributed by atoms with Crippen molar-refractivity contribution in [1.29, 1.82) is 0 Å². The molecular formula is C17H32N2O6S2. The first-order valence-electron chi connectivity index (χ1n) is 7.68. The van der Waals surface area contributed by atoms with E-state index in [-0.39, 0.29) is 36.9 Å². The fourth-order valence-electron chi connectivity index (χ4n) is 1.54. The molecule has 0 aliphatic heterocycles. The van der Waals surface area contributed by atoms with E-state index in [4.69, 9.17) is 4.52 Å². The SMILES string of the molecule is C.C.CC(C)S(=O)(=O)Cc1ccon1.Cc1cc(CS(=O)(=O)C(C)C)no1. The Bertz CT molecular complexity index is 851. The van der Waals surface area contributed by atoms with E-state index >= 15 is 0 Å². The molecule has 0 N–H and O–H groups in total. The van der Waals surface area contributed by atoms with Crippen molar-refractivity contribution >= 4 is 19.7 Å². The summed E-state index contributed by atoms with van der Waals surface area (Å²) < 4.78 is 54.8. The van der Waals surface area contributed by atoms with Crippen molar-refractivity contribution < 1.29 is 25.9 Å². The van der Waals surface area contributed by atoms with Gasteiger partial charge in [0.15, 0.2) is 19.7 Å². The Morgan fingerprint density at radius 2 is 1.37 bits per heavy atom. The lowest BCUT2D eigenvalue weighted by molar-refractivity contribution is 0.392. The van der Waals surface area contributed by atoms with Crippen molar-refractivity contribution in [3.8, 4) is 0 Å². The second-order valence-electron chi connectivity index (χ2n) is 6.13. The first-order valence-corrected chi connectivity index (χ1v) is 11.1. The van der Waals surface area contributed by atoms with Gasteiger partial charge in [-0.05, 0) is 34.6 Å². The van der Waals surface area contributed by atoms with Gasteiger partial charge in [0.25, 0.3) is 0 Å². The van der Waals surface area contributed by atoms with Crippen LogP contribution in [0.15, 0.2) is 27.4 Å². The van der Waals surface area contributed by atoms with Crippen LogP contribution >= 0.6 is 0 Å². The number of aromatic nitrogens is 2. The predicted molar refractivity (Wildman–Crippen MR) is 107 cm³/mol. The van der Waals surface area contributed by atoms with Crippen LogP contribution in [0.5, 0.6) is 0 Å². The van der Waals surface area contributed by atoms with Crippen molar-refractivity contribution in [3.63, 3.8) is 0 Å². The maximum atomic E-state index is 11.4. The highest BCUT2D eigenvalue weighted by Gasteiger charge is 2.19. The van der Waals surface area contributed by atoms with Gasteiger partial charge in [0.1, 0.15) is 12.0 Å². The molecule has 0 saturated heterocycles. The van der Waals surface area contributed by atoms with Gasteiger partial charge in [-0.3, -0.25) is 0 Å². The topological polar surface area (TPSA) is 120 Å². The smallest absolute Gasteiger partial charge is 0.158 e. The summed E-state index contributed by atoms with van der Waals surface area (Å²) in [5, 5.41) is 6.42. The Labute approximate surface area is 163 Å². The van der Waals surface area contributed by atoms with Crippen molar-refractivity contribution in [1.82, 2.24) is 10.3 Å². The summed E-state index contributed by atoms with van der Waals surface area (Å²) in [4.78, 5) is 0. The highest BCUT2D eigenvalue weighted by Crippen LogP contribution is 2.11. The van der Waals surface area contributed by atoms with Crippen LogP contribution in [-0.2, 0) is 31.2 Å². The third-order valence-electron chi connectivity index (χ3n) is 3.30. The summed E-state index contributed by atoms with van der Waals surface area (Å²) in [7, 11) is -6.10. The molecule has 0 fully saturated rings. The summed E-state index contributed by atoms with van der Waals surface area (Å²) in [6.07, 6.45) is 1.37. The minimum absolute atomic E-state index is 0. The predicted octanol–water partition coefficient (Wildman–Crippen LogP) is 3.58. The minimum Gasteiger partial charge on any atom is -0.364 e. The number of sulfone groups is 2. The fraction of sp³-hybridized carbons (Fsp3) is 0.647. The molecule has 2 aromatic heterocycles. The van der Waals surface area contributed by atoms with E-state index in [1.165, 1.54) is 6.26 Å². The molecule has 2 heterocycles. The van der Waals surface area contributed by atoms with Gasteiger partial charge >= 0.3 is 0 Å². The van der Waals surface area contributed by atoms with Gasteiger partial charge < -0.3 is 9.05 Å². The summed E-state index contributed by atoms with van der Waals surface area (Å²) in [5.74, 6) is 0.553. The monoisotopic (exact) mass is 424 g/mol. The average Bonchev–Trinajstić information content (AvgIpc) is 3.10. The number of nitrogens with zero attached hydrogens (tertiary/aromatic N) is 2. The molecule has 0 spiro atoms. The Kier molecular flexibility index (Phi) is 11.5. The highest BCUT2D eigenvalue weighted by molar-refractivity contribution is 7.91. The lowest BCUT2D eigenvalue weighted by Gasteiger charge is -2.03. The van der Waals surface area contributed by atoms with Gasteiger partial charge in [0.05, 0.1) is 33.4 Å². The van der Waals surface area contributed by atoms with Crippen LogP contribution in [0.2, 0.25) is 0 Å². The van der Waals surface area contributed by atoms with Gasteiger partial charge in [0.2, 0.25) is 0 Å². The molecule has 27 heavy (non-hydrogen) atoms. The van der Waals surface area contributed by atoms with Gasteiger partial charge in [-0.25, -0.2) is 16.8 Å². The second kappa shape index (κ2) is 11.2. The standard InChI is InChI=1S/C8H13NO3S.C7H11NO3S.2CH4/c1-6(2)13(10,11)5-8-4-7(3)12-9-8;1-6(2)12(9,10)5-7-3-4-11-8-7;;/h4,6H,5H2,1-3H3;3-4,6H,5H2,1-2H3;2*1H4. The maximum absolute atomic E-state index is 11.4. The van der Waals surface area contributed by atoms with Crippen LogP contribution in [0.3, 0.4) is 0 Å². The molecule has 0 radical (unpaired) electrons. The lowest BCUT2D eigenvalue weighted by atomic mass is 10.4. The van der Waals surface area contributed by atoms with E-state index in [1.807, 2.05) is 0 Å². The van der Waals surface area contributed by atoms with Gasteiger partial charge in [0, 0.05) is 12.1 Å². The summed E-state index contributed by atoms with van der Waals surface area (Å²) in [5.41, 5.74) is 0.940. The lowest BCUT2D eigenvalue weighted by Crippen LogP contribution is -2.16. The van der Waals surface area contributed by atoms with Crippen LogP contribution < -0.4 is 0 Å². The van der Waals surface area contributed by atoms with E-state index in [1.54, 1.807) is 46.8 Å². The zero-order chi connectivity index (χ0) is 19.3.